The molecule has 1 saturated heterocycles. The Kier molecular flexibility index (Phi) is 5.78. The van der Waals surface area contributed by atoms with Crippen molar-refractivity contribution in [2.45, 2.75) is 38.3 Å². The molecule has 0 aromatic heterocycles. The number of amides is 2. The van der Waals surface area contributed by atoms with Crippen molar-refractivity contribution in [1.82, 2.24) is 10.8 Å². The summed E-state index contributed by atoms with van der Waals surface area (Å²) in [5, 5.41) is 2.22. The second-order valence-corrected chi connectivity index (χ2v) is 5.00. The molecule has 0 aliphatic carbocycles. The highest BCUT2D eigenvalue weighted by molar-refractivity contribution is 5.72. The van der Waals surface area contributed by atoms with Crippen LogP contribution < -0.4 is 10.8 Å². The Morgan fingerprint density at radius 1 is 1.35 bits per heavy atom. The molecular formula is C14H16F4N2O3. The van der Waals surface area contributed by atoms with E-state index in [9.17, 15) is 22.4 Å². The van der Waals surface area contributed by atoms with Gasteiger partial charge in [-0.1, -0.05) is 6.07 Å². The van der Waals surface area contributed by atoms with Crippen LogP contribution in [0, 0.1) is 5.82 Å². The van der Waals surface area contributed by atoms with Crippen LogP contribution in [0.3, 0.4) is 0 Å². The lowest BCUT2D eigenvalue weighted by Crippen LogP contribution is -2.39. The van der Waals surface area contributed by atoms with Crippen LogP contribution in [0.1, 0.15) is 30.4 Å². The van der Waals surface area contributed by atoms with E-state index in [-0.39, 0.29) is 5.56 Å². The van der Waals surface area contributed by atoms with Gasteiger partial charge in [0.15, 0.2) is 6.29 Å². The lowest BCUT2D eigenvalue weighted by atomic mass is 10.1. The zero-order valence-electron chi connectivity index (χ0n) is 12.1. The summed E-state index contributed by atoms with van der Waals surface area (Å²) in [6.07, 6.45) is -2.83. The summed E-state index contributed by atoms with van der Waals surface area (Å²) in [4.78, 5) is 16.5. The number of benzene rings is 1. The minimum absolute atomic E-state index is 0.247. The topological polar surface area (TPSA) is 59.6 Å². The molecule has 1 heterocycles. The Morgan fingerprint density at radius 3 is 2.78 bits per heavy atom. The largest absolute Gasteiger partial charge is 0.416 e. The van der Waals surface area contributed by atoms with Crippen molar-refractivity contribution in [1.29, 1.82) is 0 Å². The maximum absolute atomic E-state index is 13.0. The van der Waals surface area contributed by atoms with Gasteiger partial charge in [-0.25, -0.2) is 19.5 Å². The molecule has 0 saturated carbocycles. The van der Waals surface area contributed by atoms with Gasteiger partial charge in [0.1, 0.15) is 5.82 Å². The number of hydroxylamine groups is 1. The van der Waals surface area contributed by atoms with Crippen LogP contribution in [0.25, 0.3) is 0 Å². The second-order valence-electron chi connectivity index (χ2n) is 5.00. The van der Waals surface area contributed by atoms with E-state index in [1.807, 2.05) is 0 Å². The third-order valence-corrected chi connectivity index (χ3v) is 3.24. The third kappa shape index (κ3) is 5.36. The van der Waals surface area contributed by atoms with E-state index in [2.05, 4.69) is 10.8 Å². The molecule has 2 rings (SSSR count). The molecule has 1 aromatic rings. The Morgan fingerprint density at radius 2 is 2.13 bits per heavy atom. The molecule has 128 valence electrons. The fraction of sp³-hybridized carbons (Fsp3) is 0.500. The Hall–Kier alpha value is -1.87. The quantitative estimate of drug-likeness (QED) is 0.656. The van der Waals surface area contributed by atoms with Gasteiger partial charge in [-0.2, -0.15) is 13.2 Å². The number of halogens is 4. The SMILES string of the molecule is O=C(NCc1ccc(F)cc1C(F)(F)F)NOC1CCCCO1. The molecule has 0 spiro atoms. The van der Waals surface area contributed by atoms with Gasteiger partial charge >= 0.3 is 12.2 Å². The number of hydrogen-bond acceptors (Lipinski definition) is 3. The molecule has 2 N–H and O–H groups in total. The molecule has 1 aliphatic rings. The van der Waals surface area contributed by atoms with Crippen LogP contribution in [-0.4, -0.2) is 18.9 Å². The monoisotopic (exact) mass is 336 g/mol. The van der Waals surface area contributed by atoms with Gasteiger partial charge in [0.05, 0.1) is 5.56 Å². The number of carbonyl (C=O) groups excluding carboxylic acids is 1. The molecule has 1 unspecified atom stereocenters. The van der Waals surface area contributed by atoms with Gasteiger partial charge in [0, 0.05) is 19.6 Å². The summed E-state index contributed by atoms with van der Waals surface area (Å²) in [5.74, 6) is -0.997. The highest BCUT2D eigenvalue weighted by Gasteiger charge is 2.33. The third-order valence-electron chi connectivity index (χ3n) is 3.24. The van der Waals surface area contributed by atoms with Gasteiger partial charge in [0.25, 0.3) is 0 Å². The standard InChI is InChI=1S/C14H16F4N2O3/c15-10-5-4-9(11(7-10)14(16,17)18)8-19-13(21)20-23-12-3-1-2-6-22-12/h4-5,7,12H,1-3,6,8H2,(H2,19,20,21). The number of urea groups is 1. The number of carbonyl (C=O) groups is 1. The average molecular weight is 336 g/mol. The van der Waals surface area contributed by atoms with Crippen LogP contribution in [0.5, 0.6) is 0 Å². The van der Waals surface area contributed by atoms with Crippen molar-refractivity contribution in [3.8, 4) is 0 Å². The molecular weight excluding hydrogens is 320 g/mol. The van der Waals surface area contributed by atoms with E-state index in [0.717, 1.165) is 25.0 Å². The van der Waals surface area contributed by atoms with Crippen molar-refractivity contribution in [2.24, 2.45) is 0 Å². The van der Waals surface area contributed by atoms with Crippen LogP contribution >= 0.6 is 0 Å². The highest BCUT2D eigenvalue weighted by atomic mass is 19.4. The molecule has 1 fully saturated rings. The summed E-state index contributed by atoms with van der Waals surface area (Å²) in [5.41, 5.74) is 0.684. The number of nitrogens with one attached hydrogen (secondary N) is 2. The summed E-state index contributed by atoms with van der Waals surface area (Å²) in [7, 11) is 0. The molecule has 1 aliphatic heterocycles. The highest BCUT2D eigenvalue weighted by Crippen LogP contribution is 2.32. The average Bonchev–Trinajstić information content (AvgIpc) is 2.52. The van der Waals surface area contributed by atoms with E-state index in [0.29, 0.717) is 19.1 Å². The molecule has 5 nitrogen and oxygen atoms in total. The fourth-order valence-corrected chi connectivity index (χ4v) is 2.10. The maximum Gasteiger partial charge on any atom is 0.416 e. The number of rotatable bonds is 4. The normalized spacial score (nSPS) is 18.5. The predicted octanol–water partition coefficient (Wildman–Crippen LogP) is 3.10. The first-order valence-electron chi connectivity index (χ1n) is 7.03. The predicted molar refractivity (Wildman–Crippen MR) is 71.4 cm³/mol. The van der Waals surface area contributed by atoms with Crippen LogP contribution in [0.15, 0.2) is 18.2 Å². The van der Waals surface area contributed by atoms with E-state index < -0.39 is 36.4 Å². The van der Waals surface area contributed by atoms with Gasteiger partial charge in [-0.15, -0.1) is 0 Å². The van der Waals surface area contributed by atoms with Crippen LogP contribution in [0.2, 0.25) is 0 Å². The molecule has 23 heavy (non-hydrogen) atoms. The molecule has 1 atom stereocenters. The van der Waals surface area contributed by atoms with E-state index >= 15 is 0 Å². The maximum atomic E-state index is 13.0. The summed E-state index contributed by atoms with van der Waals surface area (Å²) in [6, 6.07) is 1.46. The Bertz CT molecular complexity index is 545. The van der Waals surface area contributed by atoms with E-state index in [1.54, 1.807) is 0 Å². The lowest BCUT2D eigenvalue weighted by Gasteiger charge is -2.22. The van der Waals surface area contributed by atoms with Crippen molar-refractivity contribution in [3.63, 3.8) is 0 Å². The fourth-order valence-electron chi connectivity index (χ4n) is 2.10. The van der Waals surface area contributed by atoms with Gasteiger partial charge in [-0.05, 0) is 30.5 Å². The molecule has 9 heteroatoms. The summed E-state index contributed by atoms with van der Waals surface area (Å²) >= 11 is 0. The zero-order valence-corrected chi connectivity index (χ0v) is 12.1. The van der Waals surface area contributed by atoms with Gasteiger partial charge in [0.2, 0.25) is 0 Å². The first-order valence-corrected chi connectivity index (χ1v) is 7.03. The van der Waals surface area contributed by atoms with Crippen LogP contribution in [0.4, 0.5) is 22.4 Å². The van der Waals surface area contributed by atoms with Gasteiger partial charge < -0.3 is 10.1 Å². The second kappa shape index (κ2) is 7.60. The van der Waals surface area contributed by atoms with Crippen molar-refractivity contribution >= 4 is 6.03 Å². The van der Waals surface area contributed by atoms with E-state index in [4.69, 9.17) is 9.57 Å². The Balaban J connectivity index is 1.86. The smallest absolute Gasteiger partial charge is 0.350 e. The minimum atomic E-state index is -4.71. The molecule has 1 aromatic carbocycles. The number of ether oxygens (including phenoxy) is 1. The zero-order chi connectivity index (χ0) is 16.9. The summed E-state index contributed by atoms with van der Waals surface area (Å²) in [6.45, 7) is 0.105. The lowest BCUT2D eigenvalue weighted by molar-refractivity contribution is -0.186. The van der Waals surface area contributed by atoms with Crippen molar-refractivity contribution < 1.29 is 31.9 Å². The van der Waals surface area contributed by atoms with E-state index in [1.165, 1.54) is 0 Å². The molecule has 0 bridgehead atoms. The Labute approximate surface area is 129 Å². The molecule has 2 amide bonds. The first kappa shape index (κ1) is 17.5. The van der Waals surface area contributed by atoms with Crippen molar-refractivity contribution in [3.05, 3.63) is 35.1 Å². The minimum Gasteiger partial charge on any atom is -0.350 e. The van der Waals surface area contributed by atoms with Crippen LogP contribution in [-0.2, 0) is 22.3 Å². The van der Waals surface area contributed by atoms with Gasteiger partial charge in [-0.3, -0.25) is 0 Å². The number of alkyl halides is 3. The van der Waals surface area contributed by atoms with Crippen molar-refractivity contribution in [2.75, 3.05) is 6.61 Å². The first-order chi connectivity index (χ1) is 10.9. The number of hydrogen-bond donors (Lipinski definition) is 2. The summed E-state index contributed by atoms with van der Waals surface area (Å²) < 4.78 is 56.6. The molecule has 0 radical (unpaired) electrons.